The number of rotatable bonds is 1. The Morgan fingerprint density at radius 3 is 2.17 bits per heavy atom. The van der Waals surface area contributed by atoms with Crippen molar-refractivity contribution in [2.75, 3.05) is 0 Å². The Morgan fingerprint density at radius 1 is 1.50 bits per heavy atom. The molecule has 68 valence electrons. The predicted octanol–water partition coefficient (Wildman–Crippen LogP) is -0.706. The minimum absolute atomic E-state index is 0.0150. The minimum Gasteiger partial charge on any atom is -0.354 e. The van der Waals surface area contributed by atoms with Crippen LogP contribution in [-0.2, 0) is 4.79 Å². The first-order valence-corrected chi connectivity index (χ1v) is 3.71. The van der Waals surface area contributed by atoms with E-state index in [1.165, 1.54) is 6.92 Å². The number of nitrogens with zero attached hydrogens (tertiary/aromatic N) is 2. The molecule has 0 fully saturated rings. The van der Waals surface area contributed by atoms with E-state index in [0.717, 1.165) is 5.01 Å². The second kappa shape index (κ2) is 2.53. The highest BCUT2D eigenvalue weighted by atomic mass is 16.5. The van der Waals surface area contributed by atoms with Crippen LogP contribution in [0.2, 0.25) is 0 Å². The minimum atomic E-state index is -2.40. The van der Waals surface area contributed by atoms with Crippen LogP contribution in [0.4, 0.5) is 0 Å². The van der Waals surface area contributed by atoms with Crippen molar-refractivity contribution in [3.63, 3.8) is 0 Å². The third-order valence-electron chi connectivity index (χ3n) is 1.76. The van der Waals surface area contributed by atoms with E-state index in [1.807, 2.05) is 0 Å². The molecule has 12 heavy (non-hydrogen) atoms. The molecule has 0 saturated heterocycles. The Kier molecular flexibility index (Phi) is 1.93. The predicted molar refractivity (Wildman–Crippen MR) is 42.3 cm³/mol. The van der Waals surface area contributed by atoms with Gasteiger partial charge in [0.25, 0.3) is 5.79 Å². The normalized spacial score (nSPS) is 22.0. The maximum atomic E-state index is 11.2. The highest BCUT2D eigenvalue weighted by Crippen LogP contribution is 2.19. The highest BCUT2D eigenvalue weighted by molar-refractivity contribution is 6.12. The molecule has 2 N–H and O–H groups in total. The Morgan fingerprint density at radius 2 is 2.00 bits per heavy atom. The van der Waals surface area contributed by atoms with E-state index in [9.17, 15) is 15.0 Å². The van der Waals surface area contributed by atoms with Crippen molar-refractivity contribution in [1.82, 2.24) is 5.01 Å². The lowest BCUT2D eigenvalue weighted by Crippen LogP contribution is -2.46. The molecule has 0 aromatic carbocycles. The van der Waals surface area contributed by atoms with Gasteiger partial charge in [-0.05, 0) is 20.8 Å². The summed E-state index contributed by atoms with van der Waals surface area (Å²) >= 11 is 0. The molecule has 0 bridgehead atoms. The Labute approximate surface area is 70.3 Å². The van der Waals surface area contributed by atoms with Gasteiger partial charge in [0.15, 0.2) is 0 Å². The van der Waals surface area contributed by atoms with Crippen LogP contribution in [-0.4, -0.2) is 38.7 Å². The highest BCUT2D eigenvalue weighted by Gasteiger charge is 2.47. The summed E-state index contributed by atoms with van der Waals surface area (Å²) in [4.78, 5) is 11.2. The zero-order chi connectivity index (χ0) is 9.52. The van der Waals surface area contributed by atoms with E-state index < -0.39 is 11.7 Å². The molecule has 5 nitrogen and oxygen atoms in total. The third kappa shape index (κ3) is 1.11. The fourth-order valence-corrected chi connectivity index (χ4v) is 0.941. The van der Waals surface area contributed by atoms with E-state index in [4.69, 9.17) is 0 Å². The molecule has 0 saturated carbocycles. The number of hydrazone groups is 1. The SMILES string of the molecule is CC1=NN(C(C)C)C(=O)C1(O)O. The Hall–Kier alpha value is -0.940. The van der Waals surface area contributed by atoms with Gasteiger partial charge in [0.2, 0.25) is 0 Å². The van der Waals surface area contributed by atoms with Crippen molar-refractivity contribution >= 4 is 11.6 Å². The van der Waals surface area contributed by atoms with Crippen molar-refractivity contribution in [3.05, 3.63) is 0 Å². The number of carbonyl (C=O) groups excluding carboxylic acids is 1. The second-order valence-electron chi connectivity index (χ2n) is 3.10. The van der Waals surface area contributed by atoms with Gasteiger partial charge in [-0.25, -0.2) is 5.01 Å². The van der Waals surface area contributed by atoms with Gasteiger partial charge in [-0.3, -0.25) is 4.79 Å². The van der Waals surface area contributed by atoms with E-state index in [2.05, 4.69) is 5.10 Å². The van der Waals surface area contributed by atoms with Gasteiger partial charge in [0.1, 0.15) is 5.71 Å². The van der Waals surface area contributed by atoms with Gasteiger partial charge in [0.05, 0.1) is 6.04 Å². The number of aliphatic hydroxyl groups is 2. The molecule has 0 radical (unpaired) electrons. The largest absolute Gasteiger partial charge is 0.354 e. The lowest BCUT2D eigenvalue weighted by molar-refractivity contribution is -0.169. The molecule has 1 aliphatic rings. The van der Waals surface area contributed by atoms with Crippen LogP contribution in [0.3, 0.4) is 0 Å². The van der Waals surface area contributed by atoms with Crippen molar-refractivity contribution < 1.29 is 15.0 Å². The van der Waals surface area contributed by atoms with Gasteiger partial charge < -0.3 is 10.2 Å². The topological polar surface area (TPSA) is 73.1 Å². The summed E-state index contributed by atoms with van der Waals surface area (Å²) in [6, 6.07) is -0.159. The number of carbonyl (C=O) groups is 1. The molecular formula is C7H12N2O3. The van der Waals surface area contributed by atoms with Gasteiger partial charge >= 0.3 is 5.91 Å². The second-order valence-corrected chi connectivity index (χ2v) is 3.10. The van der Waals surface area contributed by atoms with Crippen LogP contribution in [0.15, 0.2) is 5.10 Å². The monoisotopic (exact) mass is 172 g/mol. The molecule has 0 atom stereocenters. The van der Waals surface area contributed by atoms with Crippen molar-refractivity contribution in [1.29, 1.82) is 0 Å². The fourth-order valence-electron chi connectivity index (χ4n) is 0.941. The standard InChI is InChI=1S/C7H12N2O3/c1-4(2)9-6(10)7(11,12)5(3)8-9/h4,11-12H,1-3H3. The van der Waals surface area contributed by atoms with Crippen molar-refractivity contribution in [3.8, 4) is 0 Å². The fraction of sp³-hybridized carbons (Fsp3) is 0.714. The van der Waals surface area contributed by atoms with Crippen LogP contribution in [0.1, 0.15) is 20.8 Å². The number of hydrogen-bond acceptors (Lipinski definition) is 4. The van der Waals surface area contributed by atoms with Crippen LogP contribution < -0.4 is 0 Å². The molecule has 0 unspecified atom stereocenters. The summed E-state index contributed by atoms with van der Waals surface area (Å²) in [6.07, 6.45) is 0. The van der Waals surface area contributed by atoms with Crippen LogP contribution >= 0.6 is 0 Å². The molecule has 0 aromatic heterocycles. The van der Waals surface area contributed by atoms with Crippen LogP contribution in [0, 0.1) is 0 Å². The molecule has 0 aliphatic carbocycles. The van der Waals surface area contributed by atoms with Gasteiger partial charge in [0, 0.05) is 0 Å². The zero-order valence-electron chi connectivity index (χ0n) is 7.27. The molecule has 0 aromatic rings. The Balaban J connectivity index is 2.96. The van der Waals surface area contributed by atoms with Crippen molar-refractivity contribution in [2.45, 2.75) is 32.6 Å². The zero-order valence-corrected chi connectivity index (χ0v) is 7.27. The number of amides is 1. The molecule has 0 spiro atoms. The third-order valence-corrected chi connectivity index (χ3v) is 1.76. The van der Waals surface area contributed by atoms with Crippen molar-refractivity contribution in [2.24, 2.45) is 5.10 Å². The first-order valence-electron chi connectivity index (χ1n) is 3.71. The molecule has 1 amide bonds. The average molecular weight is 172 g/mol. The molecule has 1 rings (SSSR count). The Bertz CT molecular complexity index is 245. The molecule has 1 heterocycles. The summed E-state index contributed by atoms with van der Waals surface area (Å²) in [7, 11) is 0. The lowest BCUT2D eigenvalue weighted by atomic mass is 10.2. The van der Waals surface area contributed by atoms with E-state index >= 15 is 0 Å². The van der Waals surface area contributed by atoms with E-state index in [0.29, 0.717) is 0 Å². The quantitative estimate of drug-likeness (QED) is 0.513. The summed E-state index contributed by atoms with van der Waals surface area (Å²) in [6.45, 7) is 4.90. The maximum absolute atomic E-state index is 11.2. The number of hydrogen-bond donors (Lipinski definition) is 2. The van der Waals surface area contributed by atoms with Gasteiger partial charge in [-0.1, -0.05) is 0 Å². The summed E-state index contributed by atoms with van der Waals surface area (Å²) in [5, 5.41) is 23.2. The average Bonchev–Trinajstić information content (AvgIpc) is 2.13. The lowest BCUT2D eigenvalue weighted by Gasteiger charge is -2.18. The maximum Gasteiger partial charge on any atom is 0.309 e. The molecule has 5 heteroatoms. The van der Waals surface area contributed by atoms with Gasteiger partial charge in [-0.15, -0.1) is 0 Å². The summed E-state index contributed by atoms with van der Waals surface area (Å²) < 4.78 is 0. The molecular weight excluding hydrogens is 160 g/mol. The van der Waals surface area contributed by atoms with Gasteiger partial charge in [-0.2, -0.15) is 5.10 Å². The summed E-state index contributed by atoms with van der Waals surface area (Å²) in [5.41, 5.74) is 0.0150. The first kappa shape index (κ1) is 9.15. The molecule has 1 aliphatic heterocycles. The van der Waals surface area contributed by atoms with E-state index in [-0.39, 0.29) is 11.8 Å². The van der Waals surface area contributed by atoms with E-state index in [1.54, 1.807) is 13.8 Å². The smallest absolute Gasteiger partial charge is 0.309 e. The summed E-state index contributed by atoms with van der Waals surface area (Å²) in [5.74, 6) is -3.18. The van der Waals surface area contributed by atoms with Crippen LogP contribution in [0.5, 0.6) is 0 Å². The van der Waals surface area contributed by atoms with Crippen LogP contribution in [0.25, 0.3) is 0 Å². The first-order chi connectivity index (χ1) is 5.37.